The van der Waals surface area contributed by atoms with Gasteiger partial charge in [0.15, 0.2) is 24.6 Å². The zero-order valence-corrected chi connectivity index (χ0v) is 14.9. The van der Waals surface area contributed by atoms with Crippen molar-refractivity contribution in [3.8, 4) is 0 Å². The zero-order chi connectivity index (χ0) is 16.9. The third kappa shape index (κ3) is 5.06. The molecule has 1 fully saturated rings. The summed E-state index contributed by atoms with van der Waals surface area (Å²) < 4.78 is 26.9. The molecule has 1 saturated heterocycles. The minimum absolute atomic E-state index is 0.458. The number of carbonyl (C=O) groups excluding carboxylic acids is 3. The average Bonchev–Trinajstić information content (AvgIpc) is 2.41. The fourth-order valence-corrected chi connectivity index (χ4v) is 2.88. The van der Waals surface area contributed by atoms with Crippen LogP contribution in [0.25, 0.3) is 0 Å². The van der Waals surface area contributed by atoms with Crippen molar-refractivity contribution in [3.63, 3.8) is 0 Å². The van der Waals surface area contributed by atoms with Crippen molar-refractivity contribution < 1.29 is 38.1 Å². The van der Waals surface area contributed by atoms with E-state index in [9.17, 15) is 14.4 Å². The third-order valence-corrected chi connectivity index (χ3v) is 3.75. The summed E-state index contributed by atoms with van der Waals surface area (Å²) in [6.07, 6.45) is -4.43. The maximum absolute atomic E-state index is 11.4. The van der Waals surface area contributed by atoms with Gasteiger partial charge in [0, 0.05) is 32.3 Å². The van der Waals surface area contributed by atoms with Gasteiger partial charge < -0.3 is 23.7 Å². The fourth-order valence-electron chi connectivity index (χ4n) is 2.17. The summed E-state index contributed by atoms with van der Waals surface area (Å²) in [5, 5.41) is 0. The van der Waals surface area contributed by atoms with E-state index in [-0.39, 0.29) is 0 Å². The monoisotopic (exact) mass is 430 g/mol. The number of hydrogen-bond donors (Lipinski definition) is 0. The molecule has 1 rings (SSSR count). The molecule has 0 aromatic carbocycles. The molecule has 0 aromatic rings. The molecule has 0 bridgehead atoms. The van der Waals surface area contributed by atoms with Gasteiger partial charge in [-0.25, -0.2) is 0 Å². The molecule has 4 unspecified atom stereocenters. The van der Waals surface area contributed by atoms with Crippen LogP contribution in [0.15, 0.2) is 0 Å². The number of esters is 3. The zero-order valence-electron chi connectivity index (χ0n) is 12.7. The van der Waals surface area contributed by atoms with Gasteiger partial charge in [-0.1, -0.05) is 22.6 Å². The number of methoxy groups -OCH3 is 1. The van der Waals surface area contributed by atoms with E-state index in [2.05, 4.69) is 22.6 Å². The molecule has 1 aliphatic heterocycles. The lowest BCUT2D eigenvalue weighted by Gasteiger charge is -2.43. The highest BCUT2D eigenvalue weighted by atomic mass is 127. The molecular formula is C13H19IO8. The normalized spacial score (nSPS) is 31.2. The number of hydrogen-bond acceptors (Lipinski definition) is 8. The first-order valence-electron chi connectivity index (χ1n) is 6.56. The first-order chi connectivity index (χ1) is 10.3. The van der Waals surface area contributed by atoms with Crippen LogP contribution < -0.4 is 0 Å². The van der Waals surface area contributed by atoms with E-state index in [4.69, 9.17) is 23.7 Å². The molecule has 0 aromatic heterocycles. The molecule has 0 spiro atoms. The van der Waals surface area contributed by atoms with Crippen molar-refractivity contribution >= 4 is 40.5 Å². The first-order valence-corrected chi connectivity index (χ1v) is 8.08. The second-order valence-electron chi connectivity index (χ2n) is 4.66. The molecule has 0 radical (unpaired) electrons. The van der Waals surface area contributed by atoms with Gasteiger partial charge in [-0.05, 0) is 0 Å². The van der Waals surface area contributed by atoms with Crippen molar-refractivity contribution in [1.82, 2.24) is 0 Å². The van der Waals surface area contributed by atoms with E-state index in [1.165, 1.54) is 27.9 Å². The van der Waals surface area contributed by atoms with Crippen LogP contribution in [0, 0.1) is 0 Å². The highest BCUT2D eigenvalue weighted by molar-refractivity contribution is 14.1. The summed E-state index contributed by atoms with van der Waals surface area (Å²) in [5.41, 5.74) is 0. The van der Waals surface area contributed by atoms with E-state index in [0.29, 0.717) is 4.43 Å². The standard InChI is InChI=1S/C13H19IO8/c1-6(15)19-10-9(5-14)22-13(18-4)12(21-8(3)17)11(10)20-7(2)16/h9-13H,5H2,1-4H3/t9?,10-,11?,12?,13?/m1/s1. The van der Waals surface area contributed by atoms with Gasteiger partial charge in [0.2, 0.25) is 0 Å². The lowest BCUT2D eigenvalue weighted by atomic mass is 9.99. The van der Waals surface area contributed by atoms with Gasteiger partial charge in [0.25, 0.3) is 0 Å². The molecule has 8 nitrogen and oxygen atoms in total. The molecule has 0 N–H and O–H groups in total. The largest absolute Gasteiger partial charge is 0.456 e. The van der Waals surface area contributed by atoms with E-state index < -0.39 is 48.6 Å². The maximum Gasteiger partial charge on any atom is 0.303 e. The minimum atomic E-state index is -1.03. The molecule has 22 heavy (non-hydrogen) atoms. The Balaban J connectivity index is 3.14. The smallest absolute Gasteiger partial charge is 0.303 e. The fraction of sp³-hybridized carbons (Fsp3) is 0.769. The number of carbonyl (C=O) groups is 3. The topological polar surface area (TPSA) is 97.4 Å². The summed E-state index contributed by atoms with van der Waals surface area (Å²) in [6, 6.07) is 0. The predicted molar refractivity (Wildman–Crippen MR) is 81.2 cm³/mol. The Kier molecular flexibility index (Phi) is 7.49. The Hall–Kier alpha value is -0.940. The molecule has 1 heterocycles. The highest BCUT2D eigenvalue weighted by Gasteiger charge is 2.51. The van der Waals surface area contributed by atoms with Crippen molar-refractivity contribution in [1.29, 1.82) is 0 Å². The summed E-state index contributed by atoms with van der Waals surface area (Å²) in [5.74, 6) is -1.75. The van der Waals surface area contributed by atoms with Gasteiger partial charge in [-0.3, -0.25) is 14.4 Å². The first kappa shape index (κ1) is 19.1. The third-order valence-electron chi connectivity index (χ3n) is 2.88. The van der Waals surface area contributed by atoms with E-state index in [1.807, 2.05) is 0 Å². The summed E-state index contributed by atoms with van der Waals surface area (Å²) in [4.78, 5) is 34.0. The lowest BCUT2D eigenvalue weighted by molar-refractivity contribution is -0.293. The Labute approximate surface area is 141 Å². The SMILES string of the molecule is COC1OC(CI)[C@@H](OC(C)=O)C(OC(C)=O)C1OC(C)=O. The maximum atomic E-state index is 11.4. The Morgan fingerprint density at radius 3 is 1.77 bits per heavy atom. The second-order valence-corrected chi connectivity index (χ2v) is 5.54. The lowest BCUT2D eigenvalue weighted by Crippen LogP contribution is -2.62. The number of ether oxygens (including phenoxy) is 5. The predicted octanol–water partition coefficient (Wildman–Crippen LogP) is 0.588. The van der Waals surface area contributed by atoms with Gasteiger partial charge in [-0.15, -0.1) is 0 Å². The molecule has 5 atom stereocenters. The van der Waals surface area contributed by atoms with E-state index >= 15 is 0 Å². The van der Waals surface area contributed by atoms with Crippen molar-refractivity contribution in [3.05, 3.63) is 0 Å². The van der Waals surface area contributed by atoms with Gasteiger partial charge >= 0.3 is 17.9 Å². The molecule has 0 saturated carbocycles. The summed E-state index contributed by atoms with van der Waals surface area (Å²) >= 11 is 2.05. The van der Waals surface area contributed by atoms with Crippen LogP contribution in [0.5, 0.6) is 0 Å². The highest BCUT2D eigenvalue weighted by Crippen LogP contribution is 2.30. The number of halogens is 1. The van der Waals surface area contributed by atoms with E-state index in [1.54, 1.807) is 0 Å². The van der Waals surface area contributed by atoms with Crippen molar-refractivity contribution in [2.24, 2.45) is 0 Å². The molecule has 126 valence electrons. The van der Waals surface area contributed by atoms with Crippen molar-refractivity contribution in [2.45, 2.75) is 51.5 Å². The Morgan fingerprint density at radius 2 is 1.36 bits per heavy atom. The second kappa shape index (κ2) is 8.63. The van der Waals surface area contributed by atoms with Crippen molar-refractivity contribution in [2.75, 3.05) is 11.5 Å². The van der Waals surface area contributed by atoms with Crippen LogP contribution in [-0.4, -0.2) is 60.2 Å². The number of rotatable bonds is 5. The molecular weight excluding hydrogens is 411 g/mol. The quantitative estimate of drug-likeness (QED) is 0.271. The Bertz CT molecular complexity index is 396. The molecule has 1 aliphatic rings. The molecule has 9 heteroatoms. The van der Waals surface area contributed by atoms with Gasteiger partial charge in [0.1, 0.15) is 6.10 Å². The summed E-state index contributed by atoms with van der Waals surface area (Å²) in [7, 11) is 1.38. The van der Waals surface area contributed by atoms with Crippen LogP contribution >= 0.6 is 22.6 Å². The average molecular weight is 430 g/mol. The van der Waals surface area contributed by atoms with Gasteiger partial charge in [0.05, 0.1) is 0 Å². The minimum Gasteiger partial charge on any atom is -0.456 e. The summed E-state index contributed by atoms with van der Waals surface area (Å²) in [6.45, 7) is 3.66. The van der Waals surface area contributed by atoms with Crippen LogP contribution in [0.3, 0.4) is 0 Å². The molecule has 0 amide bonds. The van der Waals surface area contributed by atoms with Gasteiger partial charge in [-0.2, -0.15) is 0 Å². The molecule has 0 aliphatic carbocycles. The van der Waals surface area contributed by atoms with Crippen LogP contribution in [0.1, 0.15) is 20.8 Å². The van der Waals surface area contributed by atoms with Crippen LogP contribution in [0.4, 0.5) is 0 Å². The van der Waals surface area contributed by atoms with E-state index in [0.717, 1.165) is 0 Å². The Morgan fingerprint density at radius 1 is 0.909 bits per heavy atom. The van der Waals surface area contributed by atoms with Crippen LogP contribution in [-0.2, 0) is 38.1 Å². The van der Waals surface area contributed by atoms with Crippen LogP contribution in [0.2, 0.25) is 0 Å². The number of alkyl halides is 1.